The van der Waals surface area contributed by atoms with Crippen LogP contribution >= 0.6 is 23.2 Å². The minimum atomic E-state index is -0.276. The molecule has 0 rings (SSSR count). The van der Waals surface area contributed by atoms with Crippen LogP contribution < -0.4 is 0 Å². The second-order valence-corrected chi connectivity index (χ2v) is 3.04. The molecule has 0 heterocycles. The van der Waals surface area contributed by atoms with Gasteiger partial charge in [-0.1, -0.05) is 0 Å². The predicted molar refractivity (Wildman–Crippen MR) is 57.5 cm³/mol. The summed E-state index contributed by atoms with van der Waals surface area (Å²) in [5, 5.41) is 0. The SMILES string of the molecule is C=N/C(CCl)=C(CCl)\C(C)=C(/C)F. The second-order valence-electron chi connectivity index (χ2n) is 2.51. The number of allylic oxidation sites excluding steroid dienone is 4. The monoisotopic (exact) mass is 223 g/mol. The van der Waals surface area contributed by atoms with Crippen molar-refractivity contribution < 1.29 is 4.39 Å². The fraction of sp³-hybridized carbons (Fsp3) is 0.444. The molecular weight excluding hydrogens is 212 g/mol. The molecule has 0 fully saturated rings. The Hall–Kier alpha value is -0.340. The topological polar surface area (TPSA) is 12.4 Å². The van der Waals surface area contributed by atoms with E-state index in [1.54, 1.807) is 6.92 Å². The van der Waals surface area contributed by atoms with E-state index in [0.717, 1.165) is 0 Å². The van der Waals surface area contributed by atoms with Crippen LogP contribution in [0.2, 0.25) is 0 Å². The van der Waals surface area contributed by atoms with Gasteiger partial charge in [0.1, 0.15) is 5.83 Å². The van der Waals surface area contributed by atoms with Gasteiger partial charge < -0.3 is 0 Å². The van der Waals surface area contributed by atoms with E-state index in [-0.39, 0.29) is 17.6 Å². The average Bonchev–Trinajstić information content (AvgIpc) is 2.12. The van der Waals surface area contributed by atoms with E-state index >= 15 is 0 Å². The Balaban J connectivity index is 5.20. The predicted octanol–water partition coefficient (Wildman–Crippen LogP) is 3.68. The molecule has 0 aliphatic rings. The molecule has 0 aromatic carbocycles. The molecule has 0 aromatic rings. The summed E-state index contributed by atoms with van der Waals surface area (Å²) in [4.78, 5) is 3.69. The minimum absolute atomic E-state index is 0.189. The van der Waals surface area contributed by atoms with Crippen LogP contribution in [-0.2, 0) is 0 Å². The van der Waals surface area contributed by atoms with Crippen LogP contribution in [0.15, 0.2) is 27.7 Å². The van der Waals surface area contributed by atoms with Crippen molar-refractivity contribution in [3.8, 4) is 0 Å². The van der Waals surface area contributed by atoms with Crippen LogP contribution in [-0.4, -0.2) is 18.5 Å². The van der Waals surface area contributed by atoms with Gasteiger partial charge >= 0.3 is 0 Å². The summed E-state index contributed by atoms with van der Waals surface area (Å²) >= 11 is 11.2. The molecule has 0 saturated carbocycles. The molecule has 0 amide bonds. The van der Waals surface area contributed by atoms with Gasteiger partial charge in [0, 0.05) is 5.88 Å². The van der Waals surface area contributed by atoms with Crippen LogP contribution in [0.3, 0.4) is 0 Å². The highest BCUT2D eigenvalue weighted by Crippen LogP contribution is 2.21. The normalized spacial score (nSPS) is 14.8. The van der Waals surface area contributed by atoms with Gasteiger partial charge in [-0.3, -0.25) is 4.99 Å². The number of aliphatic imine (C=N–C) groups is 1. The third-order valence-corrected chi connectivity index (χ3v) is 2.29. The van der Waals surface area contributed by atoms with E-state index in [0.29, 0.717) is 16.8 Å². The summed E-state index contributed by atoms with van der Waals surface area (Å²) in [5.41, 5.74) is 1.64. The van der Waals surface area contributed by atoms with E-state index in [9.17, 15) is 4.39 Å². The number of hydrogen-bond donors (Lipinski definition) is 0. The van der Waals surface area contributed by atoms with E-state index in [2.05, 4.69) is 11.7 Å². The molecule has 0 saturated heterocycles. The lowest BCUT2D eigenvalue weighted by molar-refractivity contribution is 0.629. The Kier molecular flexibility index (Phi) is 6.00. The number of halogens is 3. The zero-order chi connectivity index (χ0) is 10.4. The third-order valence-electron chi connectivity index (χ3n) is 1.77. The first-order valence-corrected chi connectivity index (χ1v) is 4.79. The van der Waals surface area contributed by atoms with Gasteiger partial charge in [0.2, 0.25) is 0 Å². The maximum Gasteiger partial charge on any atom is 0.100 e. The van der Waals surface area contributed by atoms with Gasteiger partial charge in [0.25, 0.3) is 0 Å². The van der Waals surface area contributed by atoms with Crippen LogP contribution in [0, 0.1) is 0 Å². The Morgan fingerprint density at radius 2 is 1.85 bits per heavy atom. The zero-order valence-electron chi connectivity index (χ0n) is 7.70. The molecule has 74 valence electrons. The van der Waals surface area contributed by atoms with E-state index in [1.807, 2.05) is 0 Å². The highest BCUT2D eigenvalue weighted by molar-refractivity contribution is 6.21. The Morgan fingerprint density at radius 3 is 2.08 bits per heavy atom. The molecule has 0 atom stereocenters. The molecule has 0 N–H and O–H groups in total. The smallest absolute Gasteiger partial charge is 0.100 e. The van der Waals surface area contributed by atoms with Crippen LogP contribution in [0.4, 0.5) is 4.39 Å². The zero-order valence-corrected chi connectivity index (χ0v) is 9.21. The van der Waals surface area contributed by atoms with Gasteiger partial charge in [-0.25, -0.2) is 4.39 Å². The van der Waals surface area contributed by atoms with E-state index in [1.165, 1.54) is 6.92 Å². The van der Waals surface area contributed by atoms with Gasteiger partial charge in [-0.2, -0.15) is 0 Å². The number of hydrogen-bond acceptors (Lipinski definition) is 1. The third kappa shape index (κ3) is 3.49. The fourth-order valence-electron chi connectivity index (χ4n) is 0.820. The highest BCUT2D eigenvalue weighted by Gasteiger charge is 2.08. The lowest BCUT2D eigenvalue weighted by Crippen LogP contribution is -1.96. The van der Waals surface area contributed by atoms with Crippen molar-refractivity contribution in [3.63, 3.8) is 0 Å². The Labute approximate surface area is 87.9 Å². The quantitative estimate of drug-likeness (QED) is 0.392. The fourth-order valence-corrected chi connectivity index (χ4v) is 1.42. The first-order chi connectivity index (χ1) is 6.08. The number of nitrogens with zero attached hydrogens (tertiary/aromatic N) is 1. The lowest BCUT2D eigenvalue weighted by atomic mass is 10.1. The molecule has 0 unspecified atom stereocenters. The Morgan fingerprint density at radius 1 is 1.31 bits per heavy atom. The standard InChI is InChI=1S/C9H12Cl2FN/c1-6(7(2)12)8(4-10)9(5-11)13-3/h3-5H2,1-2H3/b7-6+,9-8-. The molecule has 13 heavy (non-hydrogen) atoms. The molecule has 1 nitrogen and oxygen atoms in total. The molecule has 0 bridgehead atoms. The number of alkyl halides is 2. The van der Waals surface area contributed by atoms with Crippen molar-refractivity contribution in [3.05, 3.63) is 22.7 Å². The summed E-state index contributed by atoms with van der Waals surface area (Å²) < 4.78 is 12.8. The average molecular weight is 224 g/mol. The molecule has 0 radical (unpaired) electrons. The first kappa shape index (κ1) is 12.7. The van der Waals surface area contributed by atoms with Gasteiger partial charge in [-0.05, 0) is 31.7 Å². The molecule has 4 heteroatoms. The van der Waals surface area contributed by atoms with Crippen molar-refractivity contribution in [1.82, 2.24) is 0 Å². The Bertz CT molecular complexity index is 252. The lowest BCUT2D eigenvalue weighted by Gasteiger charge is -2.07. The van der Waals surface area contributed by atoms with Gasteiger partial charge in [0.05, 0.1) is 11.6 Å². The summed E-state index contributed by atoms with van der Waals surface area (Å²) in [6, 6.07) is 0. The summed E-state index contributed by atoms with van der Waals surface area (Å²) in [5.74, 6) is 0.103. The van der Waals surface area contributed by atoms with Crippen molar-refractivity contribution in [2.45, 2.75) is 13.8 Å². The molecule has 0 aliphatic carbocycles. The summed E-state index contributed by atoms with van der Waals surface area (Å²) in [6.07, 6.45) is 0. The van der Waals surface area contributed by atoms with Gasteiger partial charge in [0.15, 0.2) is 0 Å². The molecule has 0 spiro atoms. The largest absolute Gasteiger partial charge is 0.267 e. The van der Waals surface area contributed by atoms with Crippen molar-refractivity contribution in [2.24, 2.45) is 4.99 Å². The first-order valence-electron chi connectivity index (χ1n) is 3.72. The van der Waals surface area contributed by atoms with Crippen molar-refractivity contribution in [1.29, 1.82) is 0 Å². The van der Waals surface area contributed by atoms with Gasteiger partial charge in [-0.15, -0.1) is 23.2 Å². The van der Waals surface area contributed by atoms with E-state index < -0.39 is 0 Å². The van der Waals surface area contributed by atoms with Crippen molar-refractivity contribution in [2.75, 3.05) is 11.8 Å². The minimum Gasteiger partial charge on any atom is -0.267 e. The van der Waals surface area contributed by atoms with Crippen LogP contribution in [0.25, 0.3) is 0 Å². The second kappa shape index (κ2) is 6.17. The maximum absolute atomic E-state index is 12.8. The van der Waals surface area contributed by atoms with Crippen LogP contribution in [0.1, 0.15) is 13.8 Å². The summed E-state index contributed by atoms with van der Waals surface area (Å²) in [7, 11) is 0. The number of rotatable bonds is 4. The molecule has 0 aliphatic heterocycles. The highest BCUT2D eigenvalue weighted by atomic mass is 35.5. The van der Waals surface area contributed by atoms with Crippen molar-refractivity contribution >= 4 is 29.9 Å². The maximum atomic E-state index is 12.8. The van der Waals surface area contributed by atoms with E-state index in [4.69, 9.17) is 23.2 Å². The summed E-state index contributed by atoms with van der Waals surface area (Å²) in [6.45, 7) is 6.36. The van der Waals surface area contributed by atoms with Crippen LogP contribution in [0.5, 0.6) is 0 Å². The molecule has 0 aromatic heterocycles. The molecular formula is C9H12Cl2FN.